The highest BCUT2D eigenvalue weighted by molar-refractivity contribution is 7.16. The number of thiazole rings is 1. The van der Waals surface area contributed by atoms with Crippen molar-refractivity contribution >= 4 is 22.4 Å². The van der Waals surface area contributed by atoms with Crippen LogP contribution in [0.5, 0.6) is 0 Å². The molecule has 1 aliphatic rings. The van der Waals surface area contributed by atoms with Gasteiger partial charge in [-0.2, -0.15) is 0 Å². The first kappa shape index (κ1) is 17.8. The Labute approximate surface area is 162 Å². The van der Waals surface area contributed by atoms with Crippen LogP contribution in [0.15, 0.2) is 49.1 Å². The van der Waals surface area contributed by atoms with E-state index in [1.165, 1.54) is 30.6 Å². The predicted octanol–water partition coefficient (Wildman–Crippen LogP) is 3.84. The third kappa shape index (κ3) is 4.37. The number of rotatable bonds is 5. The van der Waals surface area contributed by atoms with Gasteiger partial charge in [0.05, 0.1) is 11.3 Å². The SMILES string of the molecule is O=C(Nc1nc(-c2cccnc2)c(CN2CCCCC2)s1)c1cccnc1. The number of likely N-dealkylation sites (tertiary alicyclic amines) is 1. The first-order chi connectivity index (χ1) is 13.3. The molecular formula is C20H21N5OS. The lowest BCUT2D eigenvalue weighted by atomic mass is 10.1. The summed E-state index contributed by atoms with van der Waals surface area (Å²) in [4.78, 5) is 29.0. The van der Waals surface area contributed by atoms with Crippen LogP contribution in [-0.4, -0.2) is 38.8 Å². The normalized spacial score (nSPS) is 14.8. The standard InChI is InChI=1S/C20H21N5OS/c26-19(16-7-5-9-22-13-16)24-20-23-18(15-6-4-8-21-12-15)17(27-20)14-25-10-2-1-3-11-25/h4-9,12-13H,1-3,10-11,14H2,(H,23,24,26). The van der Waals surface area contributed by atoms with Crippen molar-refractivity contribution in [1.29, 1.82) is 0 Å². The molecule has 0 spiro atoms. The Balaban J connectivity index is 1.60. The number of pyridine rings is 2. The molecule has 0 aliphatic carbocycles. The lowest BCUT2D eigenvalue weighted by molar-refractivity contribution is 0.102. The zero-order chi connectivity index (χ0) is 18.5. The Morgan fingerprint density at radius 2 is 1.85 bits per heavy atom. The molecule has 0 radical (unpaired) electrons. The quantitative estimate of drug-likeness (QED) is 0.729. The van der Waals surface area contributed by atoms with E-state index >= 15 is 0 Å². The molecule has 3 aromatic heterocycles. The van der Waals surface area contributed by atoms with Gasteiger partial charge in [0.25, 0.3) is 5.91 Å². The van der Waals surface area contributed by atoms with Crippen molar-refractivity contribution < 1.29 is 4.79 Å². The summed E-state index contributed by atoms with van der Waals surface area (Å²) >= 11 is 1.54. The summed E-state index contributed by atoms with van der Waals surface area (Å²) < 4.78 is 0. The minimum atomic E-state index is -0.195. The number of aromatic nitrogens is 3. The fraction of sp³-hybridized carbons (Fsp3) is 0.300. The Hall–Kier alpha value is -2.64. The topological polar surface area (TPSA) is 71.0 Å². The van der Waals surface area contributed by atoms with E-state index in [9.17, 15) is 4.79 Å². The number of hydrogen-bond donors (Lipinski definition) is 1. The zero-order valence-electron chi connectivity index (χ0n) is 15.0. The first-order valence-electron chi connectivity index (χ1n) is 9.13. The van der Waals surface area contributed by atoms with E-state index in [2.05, 4.69) is 20.2 Å². The van der Waals surface area contributed by atoms with Crippen LogP contribution >= 0.6 is 11.3 Å². The maximum absolute atomic E-state index is 12.5. The molecule has 138 valence electrons. The molecule has 4 rings (SSSR count). The number of nitrogens with zero attached hydrogens (tertiary/aromatic N) is 4. The maximum atomic E-state index is 12.5. The zero-order valence-corrected chi connectivity index (χ0v) is 15.8. The van der Waals surface area contributed by atoms with Gasteiger partial charge in [-0.1, -0.05) is 17.8 Å². The van der Waals surface area contributed by atoms with E-state index in [4.69, 9.17) is 4.98 Å². The summed E-state index contributed by atoms with van der Waals surface area (Å²) in [5.41, 5.74) is 2.40. The van der Waals surface area contributed by atoms with Crippen molar-refractivity contribution in [2.45, 2.75) is 25.8 Å². The summed E-state index contributed by atoms with van der Waals surface area (Å²) in [6, 6.07) is 7.41. The molecule has 7 heteroatoms. The van der Waals surface area contributed by atoms with Crippen molar-refractivity contribution in [3.8, 4) is 11.3 Å². The van der Waals surface area contributed by atoms with E-state index in [0.29, 0.717) is 10.7 Å². The van der Waals surface area contributed by atoms with Crippen LogP contribution in [0.1, 0.15) is 34.5 Å². The maximum Gasteiger partial charge on any atom is 0.259 e. The minimum absolute atomic E-state index is 0.195. The molecule has 1 fully saturated rings. The summed E-state index contributed by atoms with van der Waals surface area (Å²) in [7, 11) is 0. The van der Waals surface area contributed by atoms with E-state index in [-0.39, 0.29) is 5.91 Å². The van der Waals surface area contributed by atoms with Gasteiger partial charge >= 0.3 is 0 Å². The van der Waals surface area contributed by atoms with E-state index in [0.717, 1.165) is 35.8 Å². The van der Waals surface area contributed by atoms with Gasteiger partial charge in [0.2, 0.25) is 0 Å². The fourth-order valence-corrected chi connectivity index (χ4v) is 4.25. The third-order valence-electron chi connectivity index (χ3n) is 4.59. The molecule has 0 saturated carbocycles. The summed E-state index contributed by atoms with van der Waals surface area (Å²) in [6.07, 6.45) is 10.6. The number of amides is 1. The van der Waals surface area contributed by atoms with Crippen LogP contribution in [0, 0.1) is 0 Å². The van der Waals surface area contributed by atoms with E-state index in [1.54, 1.807) is 30.7 Å². The lowest BCUT2D eigenvalue weighted by Crippen LogP contribution is -2.28. The summed E-state index contributed by atoms with van der Waals surface area (Å²) in [5.74, 6) is -0.195. The molecule has 3 aromatic rings. The van der Waals surface area contributed by atoms with Crippen LogP contribution in [0.3, 0.4) is 0 Å². The molecule has 0 bridgehead atoms. The number of hydrogen-bond acceptors (Lipinski definition) is 6. The summed E-state index contributed by atoms with van der Waals surface area (Å²) in [5, 5.41) is 3.52. The second kappa shape index (κ2) is 8.37. The molecule has 4 heterocycles. The second-order valence-corrected chi connectivity index (χ2v) is 7.65. The average Bonchev–Trinajstić information content (AvgIpc) is 3.12. The monoisotopic (exact) mass is 379 g/mol. The van der Waals surface area contributed by atoms with Gasteiger partial charge < -0.3 is 0 Å². The smallest absolute Gasteiger partial charge is 0.259 e. The number of carbonyl (C=O) groups is 1. The van der Waals surface area contributed by atoms with Crippen LogP contribution in [0.25, 0.3) is 11.3 Å². The van der Waals surface area contributed by atoms with Crippen molar-refractivity contribution in [1.82, 2.24) is 19.9 Å². The highest BCUT2D eigenvalue weighted by atomic mass is 32.1. The van der Waals surface area contributed by atoms with E-state index < -0.39 is 0 Å². The van der Waals surface area contributed by atoms with Gasteiger partial charge in [0, 0.05) is 41.8 Å². The highest BCUT2D eigenvalue weighted by Gasteiger charge is 2.19. The highest BCUT2D eigenvalue weighted by Crippen LogP contribution is 2.32. The molecule has 0 unspecified atom stereocenters. The molecule has 1 N–H and O–H groups in total. The molecule has 1 saturated heterocycles. The molecule has 0 aromatic carbocycles. The molecule has 0 atom stereocenters. The van der Waals surface area contributed by atoms with Gasteiger partial charge in [-0.3, -0.25) is 25.0 Å². The molecule has 6 nitrogen and oxygen atoms in total. The van der Waals surface area contributed by atoms with Crippen LogP contribution in [-0.2, 0) is 6.54 Å². The molecule has 1 aliphatic heterocycles. The van der Waals surface area contributed by atoms with Crippen molar-refractivity contribution in [2.24, 2.45) is 0 Å². The number of nitrogens with one attached hydrogen (secondary N) is 1. The molecular weight excluding hydrogens is 358 g/mol. The van der Waals surface area contributed by atoms with Gasteiger partial charge in [0.15, 0.2) is 5.13 Å². The van der Waals surface area contributed by atoms with Gasteiger partial charge in [-0.05, 0) is 50.2 Å². The molecule has 1 amide bonds. The fourth-order valence-electron chi connectivity index (χ4n) is 3.23. The van der Waals surface area contributed by atoms with E-state index in [1.807, 2.05) is 18.3 Å². The van der Waals surface area contributed by atoms with Crippen molar-refractivity contribution in [3.05, 3.63) is 59.5 Å². The Bertz CT molecular complexity index is 891. The predicted molar refractivity (Wildman–Crippen MR) is 107 cm³/mol. The number of piperidine rings is 1. The third-order valence-corrected chi connectivity index (χ3v) is 5.55. The van der Waals surface area contributed by atoms with Crippen LogP contribution in [0.4, 0.5) is 5.13 Å². The Morgan fingerprint density at radius 1 is 1.07 bits per heavy atom. The van der Waals surface area contributed by atoms with Gasteiger partial charge in [-0.15, -0.1) is 0 Å². The van der Waals surface area contributed by atoms with Crippen molar-refractivity contribution in [3.63, 3.8) is 0 Å². The largest absolute Gasteiger partial charge is 0.298 e. The molecule has 27 heavy (non-hydrogen) atoms. The second-order valence-electron chi connectivity index (χ2n) is 6.57. The lowest BCUT2D eigenvalue weighted by Gasteiger charge is -2.25. The number of carbonyl (C=O) groups excluding carboxylic acids is 1. The average molecular weight is 379 g/mol. The van der Waals surface area contributed by atoms with Crippen LogP contribution < -0.4 is 5.32 Å². The van der Waals surface area contributed by atoms with Gasteiger partial charge in [-0.25, -0.2) is 4.98 Å². The summed E-state index contributed by atoms with van der Waals surface area (Å²) in [6.45, 7) is 3.08. The first-order valence-corrected chi connectivity index (χ1v) is 9.95. The Kier molecular flexibility index (Phi) is 5.50. The van der Waals surface area contributed by atoms with Gasteiger partial charge in [0.1, 0.15) is 0 Å². The van der Waals surface area contributed by atoms with Crippen LogP contribution in [0.2, 0.25) is 0 Å². The number of anilines is 1. The minimum Gasteiger partial charge on any atom is -0.298 e. The van der Waals surface area contributed by atoms with Crippen molar-refractivity contribution in [2.75, 3.05) is 18.4 Å². The Morgan fingerprint density at radius 3 is 2.56 bits per heavy atom.